The van der Waals surface area contributed by atoms with Gasteiger partial charge in [-0.25, -0.2) is 10.2 Å². The third kappa shape index (κ3) is 6.59. The van der Waals surface area contributed by atoms with E-state index in [0.717, 1.165) is 10.4 Å². The van der Waals surface area contributed by atoms with Crippen LogP contribution < -0.4 is 5.43 Å². The first-order valence-electron chi connectivity index (χ1n) is 8.50. The molecule has 7 heteroatoms. The number of carboxylic acids is 1. The van der Waals surface area contributed by atoms with Crippen LogP contribution >= 0.6 is 11.3 Å². The van der Waals surface area contributed by atoms with Gasteiger partial charge >= 0.3 is 5.97 Å². The van der Waals surface area contributed by atoms with Crippen LogP contribution in [0.25, 0.3) is 0 Å². The lowest BCUT2D eigenvalue weighted by Gasteiger charge is -2.23. The highest BCUT2D eigenvalue weighted by Gasteiger charge is 2.11. The fourth-order valence-electron chi connectivity index (χ4n) is 2.53. The Morgan fingerprint density at radius 3 is 2.54 bits per heavy atom. The topological polar surface area (TPSA) is 89.9 Å². The van der Waals surface area contributed by atoms with Gasteiger partial charge in [-0.05, 0) is 42.0 Å². The number of nitrogens with zero attached hydrogens (tertiary/aromatic N) is 1. The first kappa shape index (κ1) is 20.1. The highest BCUT2D eigenvalue weighted by atomic mass is 32.1. The summed E-state index contributed by atoms with van der Waals surface area (Å²) in [5.74, 6) is -1.05. The number of thiophene rings is 1. The number of nitrogens with one attached hydrogen (secondary N) is 1. The molecule has 2 rings (SSSR count). The number of carbonyl (C=O) groups excluding carboxylic acids is 1. The van der Waals surface area contributed by atoms with Gasteiger partial charge in [-0.3, -0.25) is 9.80 Å². The van der Waals surface area contributed by atoms with Crippen molar-refractivity contribution in [2.45, 2.75) is 32.3 Å². The Bertz CT molecular complexity index is 701. The van der Waals surface area contributed by atoms with Crippen LogP contribution in [0.15, 0.2) is 41.8 Å². The van der Waals surface area contributed by atoms with Crippen LogP contribution in [0.3, 0.4) is 0 Å². The summed E-state index contributed by atoms with van der Waals surface area (Å²) in [6.07, 6.45) is 1.34. The summed E-state index contributed by atoms with van der Waals surface area (Å²) in [6, 6.07) is 10.6. The summed E-state index contributed by atoms with van der Waals surface area (Å²) in [7, 11) is 0. The van der Waals surface area contributed by atoms with E-state index < -0.39 is 12.1 Å². The normalized spacial score (nSPS) is 11.9. The number of hydrazine groups is 1. The van der Waals surface area contributed by atoms with Crippen molar-refractivity contribution in [2.75, 3.05) is 13.1 Å². The molecule has 1 unspecified atom stereocenters. The molecule has 3 N–H and O–H groups in total. The zero-order valence-corrected chi connectivity index (χ0v) is 15.5. The Balaban J connectivity index is 1.75. The number of amides is 1. The molecule has 0 radical (unpaired) electrons. The monoisotopic (exact) mass is 376 g/mol. The van der Waals surface area contributed by atoms with Crippen molar-refractivity contribution in [1.82, 2.24) is 10.4 Å². The van der Waals surface area contributed by atoms with Gasteiger partial charge in [0.1, 0.15) is 0 Å². The Kier molecular flexibility index (Phi) is 7.77. The smallest absolute Gasteiger partial charge is 0.335 e. The number of aromatic carboxylic acids is 1. The molecule has 0 aliphatic heterocycles. The van der Waals surface area contributed by atoms with Gasteiger partial charge in [0.05, 0.1) is 11.7 Å². The number of aliphatic hydroxyl groups excluding tert-OH is 1. The van der Waals surface area contributed by atoms with Gasteiger partial charge in [-0.2, -0.15) is 0 Å². The average molecular weight is 376 g/mol. The quantitative estimate of drug-likeness (QED) is 0.554. The summed E-state index contributed by atoms with van der Waals surface area (Å²) >= 11 is 1.62. The van der Waals surface area contributed by atoms with Crippen LogP contribution in [-0.2, 0) is 17.6 Å². The Labute approximate surface area is 157 Å². The molecular formula is C19H24N2O4S. The highest BCUT2D eigenvalue weighted by molar-refractivity contribution is 7.09. The van der Waals surface area contributed by atoms with Crippen LogP contribution in [-0.4, -0.2) is 46.3 Å². The fourth-order valence-corrected chi connectivity index (χ4v) is 3.31. The largest absolute Gasteiger partial charge is 0.478 e. The van der Waals surface area contributed by atoms with E-state index in [1.807, 2.05) is 17.5 Å². The third-order valence-corrected chi connectivity index (χ3v) is 4.90. The molecule has 0 saturated heterocycles. The summed E-state index contributed by atoms with van der Waals surface area (Å²) in [4.78, 5) is 23.8. The number of rotatable bonds is 10. The maximum atomic E-state index is 11.8. The molecule has 1 amide bonds. The second kappa shape index (κ2) is 10.1. The van der Waals surface area contributed by atoms with E-state index in [-0.39, 0.29) is 11.5 Å². The molecule has 6 nitrogen and oxygen atoms in total. The molecule has 1 aromatic carbocycles. The predicted molar refractivity (Wildman–Crippen MR) is 101 cm³/mol. The lowest BCUT2D eigenvalue weighted by atomic mass is 10.1. The summed E-state index contributed by atoms with van der Waals surface area (Å²) in [5.41, 5.74) is 4.27. The van der Waals surface area contributed by atoms with Crippen LogP contribution in [0.5, 0.6) is 0 Å². The van der Waals surface area contributed by atoms with Gasteiger partial charge in [0.2, 0.25) is 5.91 Å². The zero-order valence-electron chi connectivity index (χ0n) is 14.7. The zero-order chi connectivity index (χ0) is 18.9. The average Bonchev–Trinajstić information content (AvgIpc) is 3.10. The lowest BCUT2D eigenvalue weighted by molar-refractivity contribution is -0.132. The minimum atomic E-state index is -0.954. The van der Waals surface area contributed by atoms with E-state index in [1.165, 1.54) is 11.9 Å². The van der Waals surface area contributed by atoms with E-state index in [0.29, 0.717) is 32.4 Å². The molecule has 1 aromatic heterocycles. The molecule has 1 atom stereocenters. The fraction of sp³-hybridized carbons (Fsp3) is 0.368. The minimum Gasteiger partial charge on any atom is -0.478 e. The standard InChI is InChI=1S/C19H24N2O4S/c1-14(22)21(11-9-15-4-6-16(7-5-15)19(24)25)20-10-8-17(23)13-18-3-2-12-26-18/h2-7,12,17,20,23H,8-11,13H2,1H3,(H,24,25). The van der Waals surface area contributed by atoms with Gasteiger partial charge in [0.25, 0.3) is 0 Å². The third-order valence-electron chi connectivity index (χ3n) is 4.00. The SMILES string of the molecule is CC(=O)N(CCc1ccc(C(=O)O)cc1)NCCC(O)Cc1cccs1. The number of carbonyl (C=O) groups is 2. The number of hydrogen-bond acceptors (Lipinski definition) is 5. The van der Waals surface area contributed by atoms with Crippen molar-refractivity contribution in [3.63, 3.8) is 0 Å². The van der Waals surface area contributed by atoms with E-state index in [2.05, 4.69) is 5.43 Å². The molecule has 26 heavy (non-hydrogen) atoms. The second-order valence-electron chi connectivity index (χ2n) is 6.06. The van der Waals surface area contributed by atoms with Gasteiger partial charge < -0.3 is 10.2 Å². The molecule has 140 valence electrons. The Hall–Kier alpha value is -2.22. The van der Waals surface area contributed by atoms with Crippen molar-refractivity contribution < 1.29 is 19.8 Å². The van der Waals surface area contributed by atoms with Gasteiger partial charge in [0.15, 0.2) is 0 Å². The van der Waals surface area contributed by atoms with Crippen molar-refractivity contribution in [2.24, 2.45) is 0 Å². The van der Waals surface area contributed by atoms with Gasteiger partial charge in [-0.15, -0.1) is 11.3 Å². The number of hydrogen-bond donors (Lipinski definition) is 3. The van der Waals surface area contributed by atoms with Gasteiger partial charge in [0, 0.05) is 31.3 Å². The van der Waals surface area contributed by atoms with Crippen molar-refractivity contribution in [3.05, 3.63) is 57.8 Å². The van der Waals surface area contributed by atoms with Gasteiger partial charge in [-0.1, -0.05) is 18.2 Å². The maximum absolute atomic E-state index is 11.8. The van der Waals surface area contributed by atoms with E-state index in [9.17, 15) is 14.7 Å². The van der Waals surface area contributed by atoms with Crippen LogP contribution in [0.4, 0.5) is 0 Å². The minimum absolute atomic E-state index is 0.0973. The number of benzene rings is 1. The molecule has 0 fully saturated rings. The summed E-state index contributed by atoms with van der Waals surface area (Å²) in [6.45, 7) is 2.47. The first-order valence-corrected chi connectivity index (χ1v) is 9.38. The van der Waals surface area contributed by atoms with Crippen LogP contribution in [0.1, 0.15) is 34.1 Å². The van der Waals surface area contributed by atoms with E-state index in [4.69, 9.17) is 5.11 Å². The van der Waals surface area contributed by atoms with Crippen LogP contribution in [0.2, 0.25) is 0 Å². The maximum Gasteiger partial charge on any atom is 0.335 e. The molecule has 0 aliphatic carbocycles. The molecule has 0 bridgehead atoms. The van der Waals surface area contributed by atoms with Crippen molar-refractivity contribution in [1.29, 1.82) is 0 Å². The molecule has 0 saturated carbocycles. The molecule has 2 aromatic rings. The van der Waals surface area contributed by atoms with E-state index in [1.54, 1.807) is 35.6 Å². The van der Waals surface area contributed by atoms with Crippen molar-refractivity contribution >= 4 is 23.2 Å². The predicted octanol–water partition coefficient (Wildman–Crippen LogP) is 2.34. The molecule has 0 aliphatic rings. The Morgan fingerprint density at radius 1 is 1.23 bits per heavy atom. The number of aliphatic hydroxyl groups is 1. The highest BCUT2D eigenvalue weighted by Crippen LogP contribution is 2.12. The molecule has 0 spiro atoms. The molecule has 1 heterocycles. The summed E-state index contributed by atoms with van der Waals surface area (Å²) in [5, 5.41) is 22.5. The lowest BCUT2D eigenvalue weighted by Crippen LogP contribution is -2.44. The van der Waals surface area contributed by atoms with E-state index >= 15 is 0 Å². The molecular weight excluding hydrogens is 352 g/mol. The summed E-state index contributed by atoms with van der Waals surface area (Å²) < 4.78 is 0. The Morgan fingerprint density at radius 2 is 1.96 bits per heavy atom. The van der Waals surface area contributed by atoms with Crippen molar-refractivity contribution in [3.8, 4) is 0 Å². The van der Waals surface area contributed by atoms with Crippen LogP contribution in [0, 0.1) is 0 Å². The number of carboxylic acid groups (broad SMARTS) is 1. The second-order valence-corrected chi connectivity index (χ2v) is 7.09. The first-order chi connectivity index (χ1) is 12.5.